The highest BCUT2D eigenvalue weighted by Crippen LogP contribution is 2.31. The zero-order valence-electron chi connectivity index (χ0n) is 14.1. The van der Waals surface area contributed by atoms with Crippen molar-refractivity contribution < 1.29 is 14.7 Å². The molecule has 4 rings (SSSR count). The van der Waals surface area contributed by atoms with Crippen LogP contribution in [0.5, 0.6) is 5.88 Å². The van der Waals surface area contributed by atoms with Crippen LogP contribution in [0.3, 0.4) is 0 Å². The number of fused-ring (bicyclic) bond motifs is 1. The summed E-state index contributed by atoms with van der Waals surface area (Å²) in [5.41, 5.74) is 4.14. The Labute approximate surface area is 162 Å². The summed E-state index contributed by atoms with van der Waals surface area (Å²) in [7, 11) is 0. The van der Waals surface area contributed by atoms with Crippen LogP contribution < -0.4 is 16.0 Å². The molecule has 6 nitrogen and oxygen atoms in total. The van der Waals surface area contributed by atoms with Crippen molar-refractivity contribution >= 4 is 40.9 Å². The largest absolute Gasteiger partial charge is 0.492 e. The van der Waals surface area contributed by atoms with Gasteiger partial charge in [0, 0.05) is 10.8 Å². The first-order valence-electron chi connectivity index (χ1n) is 8.02. The van der Waals surface area contributed by atoms with Crippen molar-refractivity contribution in [3.63, 3.8) is 0 Å². The summed E-state index contributed by atoms with van der Waals surface area (Å²) < 4.78 is 1.33. The van der Waals surface area contributed by atoms with E-state index in [9.17, 15) is 14.7 Å². The Morgan fingerprint density at radius 2 is 1.89 bits per heavy atom. The van der Waals surface area contributed by atoms with Crippen molar-refractivity contribution in [2.45, 2.75) is 6.92 Å². The number of hydrogen-bond acceptors (Lipinski definition) is 5. The summed E-state index contributed by atoms with van der Waals surface area (Å²) >= 11 is 6.33. The van der Waals surface area contributed by atoms with Crippen LogP contribution in [0.25, 0.3) is 5.57 Å². The third-order valence-corrected chi connectivity index (χ3v) is 5.61. The summed E-state index contributed by atoms with van der Waals surface area (Å²) in [5, 5.41) is 11.8. The zero-order valence-corrected chi connectivity index (χ0v) is 15.7. The molecule has 0 unspecified atom stereocenters. The highest BCUT2D eigenvalue weighted by atomic mass is 32.1. The van der Waals surface area contributed by atoms with Crippen molar-refractivity contribution in [1.29, 1.82) is 0 Å². The van der Waals surface area contributed by atoms with E-state index in [1.54, 1.807) is 36.4 Å². The minimum Gasteiger partial charge on any atom is -0.492 e. The van der Waals surface area contributed by atoms with Crippen molar-refractivity contribution in [1.82, 2.24) is 4.68 Å². The topological polar surface area (TPSA) is 83.7 Å². The van der Waals surface area contributed by atoms with Crippen LogP contribution >= 0.6 is 23.6 Å². The fraction of sp³-hybridized carbons (Fsp3) is 0.0526. The molecule has 2 aromatic carbocycles. The second-order valence-corrected chi connectivity index (χ2v) is 7.57. The van der Waals surface area contributed by atoms with E-state index in [2.05, 4.69) is 10.4 Å². The summed E-state index contributed by atoms with van der Waals surface area (Å²) in [6.07, 6.45) is 0. The lowest BCUT2D eigenvalue weighted by atomic mass is 10.1. The normalized spacial score (nSPS) is 12.6. The third kappa shape index (κ3) is 2.88. The average molecular weight is 395 g/mol. The molecule has 0 aliphatic carbocycles. The number of aromatic nitrogens is 1. The fourth-order valence-electron chi connectivity index (χ4n) is 2.90. The van der Waals surface area contributed by atoms with Gasteiger partial charge in [0.1, 0.15) is 4.88 Å². The van der Waals surface area contributed by atoms with E-state index < -0.39 is 11.8 Å². The summed E-state index contributed by atoms with van der Waals surface area (Å²) in [6.45, 7) is 1.82. The van der Waals surface area contributed by atoms with Crippen LogP contribution in [-0.2, 0) is 4.79 Å². The van der Waals surface area contributed by atoms with Gasteiger partial charge in [-0.25, -0.2) is 4.99 Å². The van der Waals surface area contributed by atoms with E-state index in [-0.39, 0.29) is 20.3 Å². The Balaban J connectivity index is 1.80. The van der Waals surface area contributed by atoms with Gasteiger partial charge in [-0.05, 0) is 36.8 Å². The molecule has 0 fully saturated rings. The number of carbonyl (C=O) groups is 2. The zero-order chi connectivity index (χ0) is 19.1. The SMILES string of the molecule is Cc1ccccc1C(=O)Nn1c(O)c(C2=c3ccccc3=NC2=O)sc1=S. The molecule has 2 N–H and O–H groups in total. The lowest BCUT2D eigenvalue weighted by Gasteiger charge is -2.09. The molecule has 0 atom stereocenters. The molecule has 1 aromatic heterocycles. The molecule has 0 bridgehead atoms. The number of nitrogens with one attached hydrogen (secondary N) is 1. The number of aryl methyl sites for hydroxylation is 1. The Morgan fingerprint density at radius 1 is 1.19 bits per heavy atom. The smallest absolute Gasteiger partial charge is 0.279 e. The standard InChI is InChI=1S/C19H13N3O3S2/c1-10-6-2-3-7-11(10)16(23)21-22-18(25)15(27-19(22)26)14-12-8-4-5-9-13(12)20-17(14)24/h2-9,25H,1H3,(H,21,23). The molecule has 2 heterocycles. The van der Waals surface area contributed by atoms with Gasteiger partial charge in [-0.1, -0.05) is 47.7 Å². The number of carbonyl (C=O) groups excluding carboxylic acids is 2. The number of amides is 2. The van der Waals surface area contributed by atoms with Gasteiger partial charge < -0.3 is 5.11 Å². The maximum absolute atomic E-state index is 12.6. The first-order valence-corrected chi connectivity index (χ1v) is 9.24. The summed E-state index contributed by atoms with van der Waals surface area (Å²) in [6, 6.07) is 14.2. The second-order valence-electron chi connectivity index (χ2n) is 5.92. The number of aromatic hydroxyl groups is 1. The Bertz CT molecular complexity index is 1290. The van der Waals surface area contributed by atoms with Gasteiger partial charge in [0.2, 0.25) is 5.88 Å². The van der Waals surface area contributed by atoms with Gasteiger partial charge in [-0.2, -0.15) is 4.68 Å². The number of thiazole rings is 1. The Morgan fingerprint density at radius 3 is 2.67 bits per heavy atom. The average Bonchev–Trinajstić information content (AvgIpc) is 3.12. The van der Waals surface area contributed by atoms with Crippen molar-refractivity contribution in [2.24, 2.45) is 4.99 Å². The van der Waals surface area contributed by atoms with Gasteiger partial charge in [-0.3, -0.25) is 15.0 Å². The fourth-order valence-corrected chi connectivity index (χ4v) is 4.16. The molecule has 8 heteroatoms. The van der Waals surface area contributed by atoms with Gasteiger partial charge in [0.05, 0.1) is 10.9 Å². The number of rotatable bonds is 3. The van der Waals surface area contributed by atoms with Crippen LogP contribution in [0.1, 0.15) is 20.8 Å². The van der Waals surface area contributed by atoms with E-state index in [0.29, 0.717) is 16.1 Å². The maximum Gasteiger partial charge on any atom is 0.279 e. The van der Waals surface area contributed by atoms with Crippen LogP contribution in [0.15, 0.2) is 53.5 Å². The number of hydrogen-bond donors (Lipinski definition) is 2. The predicted octanol–water partition coefficient (Wildman–Crippen LogP) is 2.04. The highest BCUT2D eigenvalue weighted by molar-refractivity contribution is 7.73. The molecule has 3 aromatic rings. The van der Waals surface area contributed by atoms with Gasteiger partial charge >= 0.3 is 0 Å². The second kappa shape index (κ2) is 6.57. The molecule has 0 saturated heterocycles. The number of benzene rings is 2. The first kappa shape index (κ1) is 17.3. The molecule has 0 spiro atoms. The molecule has 134 valence electrons. The number of para-hydroxylation sites is 1. The lowest BCUT2D eigenvalue weighted by Crippen LogP contribution is -2.24. The Kier molecular flexibility index (Phi) is 4.21. The molecule has 1 aliphatic heterocycles. The monoisotopic (exact) mass is 395 g/mol. The number of nitrogens with zero attached hydrogens (tertiary/aromatic N) is 2. The molecule has 27 heavy (non-hydrogen) atoms. The molecular formula is C19H13N3O3S2. The van der Waals surface area contributed by atoms with Gasteiger partial charge in [0.15, 0.2) is 3.95 Å². The van der Waals surface area contributed by atoms with E-state index in [1.165, 1.54) is 0 Å². The molecule has 0 radical (unpaired) electrons. The van der Waals surface area contributed by atoms with E-state index in [4.69, 9.17) is 12.2 Å². The van der Waals surface area contributed by atoms with Crippen molar-refractivity contribution in [3.05, 3.63) is 79.1 Å². The van der Waals surface area contributed by atoms with Crippen LogP contribution in [0.4, 0.5) is 0 Å². The van der Waals surface area contributed by atoms with Crippen LogP contribution in [0.2, 0.25) is 0 Å². The Hall–Kier alpha value is -3.10. The summed E-state index contributed by atoms with van der Waals surface area (Å²) in [4.78, 5) is 29.2. The quantitative estimate of drug-likeness (QED) is 0.665. The van der Waals surface area contributed by atoms with Crippen molar-refractivity contribution in [2.75, 3.05) is 5.43 Å². The third-order valence-electron chi connectivity index (χ3n) is 4.23. The van der Waals surface area contributed by atoms with E-state index >= 15 is 0 Å². The minimum atomic E-state index is -0.444. The molecule has 2 amide bonds. The van der Waals surface area contributed by atoms with Crippen LogP contribution in [-0.4, -0.2) is 21.6 Å². The minimum absolute atomic E-state index is 0.217. The van der Waals surface area contributed by atoms with E-state index in [1.807, 2.05) is 19.1 Å². The molecular weight excluding hydrogens is 382 g/mol. The predicted molar refractivity (Wildman–Crippen MR) is 104 cm³/mol. The van der Waals surface area contributed by atoms with E-state index in [0.717, 1.165) is 21.6 Å². The molecule has 0 saturated carbocycles. The van der Waals surface area contributed by atoms with Crippen LogP contribution in [0, 0.1) is 10.9 Å². The van der Waals surface area contributed by atoms with Gasteiger partial charge in [0.25, 0.3) is 11.8 Å². The van der Waals surface area contributed by atoms with Crippen molar-refractivity contribution in [3.8, 4) is 5.88 Å². The lowest BCUT2D eigenvalue weighted by molar-refractivity contribution is -0.112. The highest BCUT2D eigenvalue weighted by Gasteiger charge is 2.26. The summed E-state index contributed by atoms with van der Waals surface area (Å²) in [5.74, 6) is -1.14. The maximum atomic E-state index is 12.6. The van der Waals surface area contributed by atoms with Gasteiger partial charge in [-0.15, -0.1) is 0 Å². The molecule has 1 aliphatic rings. The first-order chi connectivity index (χ1) is 13.0.